The number of carbonyl (C=O) groups excluding carboxylic acids is 1. The third kappa shape index (κ3) is 5.97. The van der Waals surface area contributed by atoms with Crippen molar-refractivity contribution >= 4 is 11.8 Å². The number of piperazine rings is 1. The van der Waals surface area contributed by atoms with Gasteiger partial charge in [0, 0.05) is 51.6 Å². The van der Waals surface area contributed by atoms with E-state index < -0.39 is 0 Å². The van der Waals surface area contributed by atoms with Gasteiger partial charge in [-0.15, -0.1) is 0 Å². The number of carbonyl (C=O) groups is 1. The molecule has 0 radical (unpaired) electrons. The van der Waals surface area contributed by atoms with Crippen molar-refractivity contribution in [3.05, 3.63) is 65.7 Å². The average Bonchev–Trinajstić information content (AvgIpc) is 2.77. The van der Waals surface area contributed by atoms with Gasteiger partial charge < -0.3 is 19.7 Å². The highest BCUT2D eigenvalue weighted by molar-refractivity contribution is 5.67. The maximum absolute atomic E-state index is 11.8. The first-order chi connectivity index (χ1) is 14.8. The van der Waals surface area contributed by atoms with Crippen LogP contribution in [0.3, 0.4) is 0 Å². The highest BCUT2D eigenvalue weighted by Crippen LogP contribution is 2.19. The number of nitrogens with one attached hydrogen (secondary N) is 1. The number of ether oxygens (including phenoxy) is 2. The molecule has 1 N–H and O–H groups in total. The first-order valence-corrected chi connectivity index (χ1v) is 10.9. The number of hydrogen-bond acceptors (Lipinski definition) is 5. The van der Waals surface area contributed by atoms with Crippen molar-refractivity contribution in [1.82, 2.24) is 10.2 Å². The third-order valence-corrected chi connectivity index (χ3v) is 5.82. The van der Waals surface area contributed by atoms with Crippen LogP contribution < -0.4 is 10.2 Å². The first kappa shape index (κ1) is 20.7. The second-order valence-corrected chi connectivity index (χ2v) is 7.97. The van der Waals surface area contributed by atoms with E-state index >= 15 is 0 Å². The van der Waals surface area contributed by atoms with Gasteiger partial charge in [0.1, 0.15) is 6.61 Å². The van der Waals surface area contributed by atoms with E-state index in [4.69, 9.17) is 9.47 Å². The van der Waals surface area contributed by atoms with E-state index in [0.29, 0.717) is 19.3 Å². The SMILES string of the molecule is O=C(NCCc1ccc(N2CCN(CC3CCO3)CC2)cc1)OCc1ccccc1. The molecule has 0 saturated carbocycles. The first-order valence-electron chi connectivity index (χ1n) is 10.9. The summed E-state index contributed by atoms with van der Waals surface area (Å²) >= 11 is 0. The second-order valence-electron chi connectivity index (χ2n) is 7.97. The Hall–Kier alpha value is -2.57. The lowest BCUT2D eigenvalue weighted by Gasteiger charge is -2.39. The van der Waals surface area contributed by atoms with Crippen LogP contribution in [0.25, 0.3) is 0 Å². The van der Waals surface area contributed by atoms with Crippen molar-refractivity contribution < 1.29 is 14.3 Å². The molecule has 4 rings (SSSR count). The van der Waals surface area contributed by atoms with Crippen LogP contribution in [0.4, 0.5) is 10.5 Å². The van der Waals surface area contributed by atoms with Gasteiger partial charge in [-0.2, -0.15) is 0 Å². The van der Waals surface area contributed by atoms with E-state index in [1.807, 2.05) is 30.3 Å². The molecule has 30 heavy (non-hydrogen) atoms. The van der Waals surface area contributed by atoms with E-state index in [9.17, 15) is 4.79 Å². The third-order valence-electron chi connectivity index (χ3n) is 5.82. The van der Waals surface area contributed by atoms with E-state index in [1.54, 1.807) is 0 Å². The number of rotatable bonds is 8. The van der Waals surface area contributed by atoms with Crippen LogP contribution >= 0.6 is 0 Å². The Balaban J connectivity index is 1.14. The summed E-state index contributed by atoms with van der Waals surface area (Å²) in [5, 5.41) is 2.82. The summed E-state index contributed by atoms with van der Waals surface area (Å²) in [4.78, 5) is 16.8. The molecule has 6 heteroatoms. The van der Waals surface area contributed by atoms with Gasteiger partial charge in [-0.1, -0.05) is 42.5 Å². The zero-order valence-corrected chi connectivity index (χ0v) is 17.5. The fourth-order valence-electron chi connectivity index (χ4n) is 3.86. The van der Waals surface area contributed by atoms with Crippen LogP contribution in [0, 0.1) is 0 Å². The molecule has 2 fully saturated rings. The summed E-state index contributed by atoms with van der Waals surface area (Å²) in [5.74, 6) is 0. The maximum atomic E-state index is 11.8. The Morgan fingerprint density at radius 1 is 1.00 bits per heavy atom. The summed E-state index contributed by atoms with van der Waals surface area (Å²) in [5.41, 5.74) is 3.47. The minimum atomic E-state index is -0.374. The Labute approximate surface area is 178 Å². The van der Waals surface area contributed by atoms with Crippen LogP contribution in [0.5, 0.6) is 0 Å². The molecular formula is C24H31N3O3. The van der Waals surface area contributed by atoms with Crippen LogP contribution in [0.1, 0.15) is 17.5 Å². The lowest BCUT2D eigenvalue weighted by atomic mass is 10.1. The van der Waals surface area contributed by atoms with Crippen molar-refractivity contribution in [2.24, 2.45) is 0 Å². The van der Waals surface area contributed by atoms with Crippen LogP contribution in [0.15, 0.2) is 54.6 Å². The molecule has 1 amide bonds. The van der Waals surface area contributed by atoms with Gasteiger partial charge in [0.15, 0.2) is 0 Å². The molecule has 2 aliphatic rings. The highest BCUT2D eigenvalue weighted by atomic mass is 16.5. The molecule has 0 aromatic heterocycles. The minimum Gasteiger partial charge on any atom is -0.445 e. The smallest absolute Gasteiger partial charge is 0.407 e. The van der Waals surface area contributed by atoms with E-state index in [0.717, 1.165) is 51.3 Å². The molecule has 2 heterocycles. The van der Waals surface area contributed by atoms with Crippen molar-refractivity contribution in [1.29, 1.82) is 0 Å². The zero-order chi connectivity index (χ0) is 20.6. The van der Waals surface area contributed by atoms with Gasteiger partial charge in [-0.25, -0.2) is 4.79 Å². The molecule has 0 aliphatic carbocycles. The van der Waals surface area contributed by atoms with Crippen LogP contribution in [-0.2, 0) is 22.5 Å². The normalized spacial score (nSPS) is 19.2. The Morgan fingerprint density at radius 3 is 2.40 bits per heavy atom. The van der Waals surface area contributed by atoms with Crippen LogP contribution in [-0.4, -0.2) is 63.0 Å². The molecule has 160 valence electrons. The number of anilines is 1. The summed E-state index contributed by atoms with van der Waals surface area (Å²) in [6.45, 7) is 7.17. The van der Waals surface area contributed by atoms with Crippen molar-refractivity contribution in [2.45, 2.75) is 25.6 Å². The summed E-state index contributed by atoms with van der Waals surface area (Å²) in [6.07, 6.45) is 2.08. The highest BCUT2D eigenvalue weighted by Gasteiger charge is 2.24. The lowest BCUT2D eigenvalue weighted by Crippen LogP contribution is -2.50. The molecule has 2 aliphatic heterocycles. The zero-order valence-electron chi connectivity index (χ0n) is 17.5. The van der Waals surface area contributed by atoms with E-state index in [-0.39, 0.29) is 6.09 Å². The van der Waals surface area contributed by atoms with E-state index in [2.05, 4.69) is 39.4 Å². The number of amides is 1. The Morgan fingerprint density at radius 2 is 1.73 bits per heavy atom. The Kier molecular flexibility index (Phi) is 7.21. The number of nitrogens with zero attached hydrogens (tertiary/aromatic N) is 2. The minimum absolute atomic E-state index is 0.294. The van der Waals surface area contributed by atoms with Crippen molar-refractivity contribution in [3.8, 4) is 0 Å². The average molecular weight is 410 g/mol. The van der Waals surface area contributed by atoms with Crippen molar-refractivity contribution in [2.75, 3.05) is 50.8 Å². The Bertz CT molecular complexity index is 785. The number of hydrogen-bond donors (Lipinski definition) is 1. The summed E-state index contributed by atoms with van der Waals surface area (Å²) in [6, 6.07) is 18.4. The largest absolute Gasteiger partial charge is 0.445 e. The molecule has 1 unspecified atom stereocenters. The quantitative estimate of drug-likeness (QED) is 0.726. The second kappa shape index (κ2) is 10.5. The molecule has 2 saturated heterocycles. The monoisotopic (exact) mass is 409 g/mol. The van der Waals surface area contributed by atoms with Gasteiger partial charge >= 0.3 is 6.09 Å². The fourth-order valence-corrected chi connectivity index (χ4v) is 3.86. The van der Waals surface area contributed by atoms with E-state index in [1.165, 1.54) is 17.7 Å². The number of benzene rings is 2. The van der Waals surface area contributed by atoms with Gasteiger partial charge in [-0.05, 0) is 36.1 Å². The van der Waals surface area contributed by atoms with Gasteiger partial charge in [-0.3, -0.25) is 4.90 Å². The standard InChI is InChI=1S/C24H31N3O3/c28-24(30-19-21-4-2-1-3-5-21)25-12-10-20-6-8-22(9-7-20)27-15-13-26(14-16-27)18-23-11-17-29-23/h1-9,23H,10-19H2,(H,25,28). The molecule has 2 aromatic rings. The maximum Gasteiger partial charge on any atom is 0.407 e. The molecule has 0 bridgehead atoms. The van der Waals surface area contributed by atoms with Crippen LogP contribution in [0.2, 0.25) is 0 Å². The molecular weight excluding hydrogens is 378 g/mol. The number of alkyl carbamates (subject to hydrolysis) is 1. The molecule has 2 aromatic carbocycles. The van der Waals surface area contributed by atoms with Gasteiger partial charge in [0.2, 0.25) is 0 Å². The molecule has 6 nitrogen and oxygen atoms in total. The van der Waals surface area contributed by atoms with Gasteiger partial charge in [0.25, 0.3) is 0 Å². The van der Waals surface area contributed by atoms with Crippen molar-refractivity contribution in [3.63, 3.8) is 0 Å². The fraction of sp³-hybridized carbons (Fsp3) is 0.458. The topological polar surface area (TPSA) is 54.0 Å². The lowest BCUT2D eigenvalue weighted by molar-refractivity contribution is -0.0671. The van der Waals surface area contributed by atoms with Gasteiger partial charge in [0.05, 0.1) is 6.10 Å². The predicted octanol–water partition coefficient (Wildman–Crippen LogP) is 3.07. The predicted molar refractivity (Wildman–Crippen MR) is 118 cm³/mol. The summed E-state index contributed by atoms with van der Waals surface area (Å²) in [7, 11) is 0. The molecule has 0 spiro atoms. The summed E-state index contributed by atoms with van der Waals surface area (Å²) < 4.78 is 10.8. The molecule has 1 atom stereocenters.